The number of benzene rings is 1. The molecule has 1 unspecified atom stereocenters. The average molecular weight is 566 g/mol. The van der Waals surface area contributed by atoms with Crippen LogP contribution in [0, 0.1) is 0 Å². The number of pyridine rings is 1. The maximum Gasteiger partial charge on any atom is 0.469 e. The Morgan fingerprint density at radius 3 is 2.57 bits per heavy atom. The molecule has 2 heterocycles. The molecule has 0 saturated heterocycles. The van der Waals surface area contributed by atoms with Crippen LogP contribution in [0.4, 0.5) is 0 Å². The van der Waals surface area contributed by atoms with Crippen LogP contribution in [0.1, 0.15) is 35.0 Å². The van der Waals surface area contributed by atoms with Crippen LogP contribution in [0.25, 0.3) is 0 Å². The van der Waals surface area contributed by atoms with Crippen molar-refractivity contribution < 1.29 is 37.9 Å². The number of hydrogen-bond donors (Lipinski definition) is 2. The second-order valence-corrected chi connectivity index (χ2v) is 12.2. The van der Waals surface area contributed by atoms with Crippen LogP contribution in [0.2, 0.25) is 0 Å². The molecule has 0 aliphatic carbocycles. The number of nitrogens with zero attached hydrogens (tertiary/aromatic N) is 1. The number of aromatic nitrogens is 1. The third-order valence-electron chi connectivity index (χ3n) is 5.18. The highest BCUT2D eigenvalue weighted by atomic mass is 32.2. The zero-order chi connectivity index (χ0) is 26.9. The van der Waals surface area contributed by atoms with Crippen LogP contribution in [0.15, 0.2) is 72.5 Å². The number of hydrogen-bond acceptors (Lipinski definition) is 9. The largest absolute Gasteiger partial charge is 0.469 e. The zero-order valence-electron chi connectivity index (χ0n) is 20.2. The fourth-order valence-corrected chi connectivity index (χ4v) is 6.66. The number of phosphoric ester groups is 1. The number of thioether (sulfide) groups is 2. The lowest BCUT2D eigenvalue weighted by Gasteiger charge is -2.36. The summed E-state index contributed by atoms with van der Waals surface area (Å²) in [4.78, 5) is 46.0. The Morgan fingerprint density at radius 1 is 1.16 bits per heavy atom. The Kier molecular flexibility index (Phi) is 10.6. The van der Waals surface area contributed by atoms with Gasteiger partial charge in [0.2, 0.25) is 0 Å². The maximum absolute atomic E-state index is 12.2. The van der Waals surface area contributed by atoms with E-state index < -0.39 is 26.4 Å². The van der Waals surface area contributed by atoms with Crippen LogP contribution in [0.3, 0.4) is 0 Å². The average Bonchev–Trinajstić information content (AvgIpc) is 2.89. The van der Waals surface area contributed by atoms with Gasteiger partial charge in [0, 0.05) is 29.7 Å². The summed E-state index contributed by atoms with van der Waals surface area (Å²) in [7, 11) is -4.60. The molecular formula is C25H28NO8PS2. The Morgan fingerprint density at radius 2 is 1.92 bits per heavy atom. The first-order valence-corrected chi connectivity index (χ1v) is 14.7. The van der Waals surface area contributed by atoms with Gasteiger partial charge in [-0.25, -0.2) is 14.2 Å². The van der Waals surface area contributed by atoms with Gasteiger partial charge in [-0.2, -0.15) is 0 Å². The number of rotatable bonds is 12. The highest BCUT2D eigenvalue weighted by molar-refractivity contribution is 8.17. The smallest absolute Gasteiger partial charge is 0.460 e. The third-order valence-corrected chi connectivity index (χ3v) is 8.85. The predicted octanol–water partition coefficient (Wildman–Crippen LogP) is 4.62. The van der Waals surface area contributed by atoms with Crippen molar-refractivity contribution in [2.45, 2.75) is 23.2 Å². The summed E-state index contributed by atoms with van der Waals surface area (Å²) in [5.41, 5.74) is 3.62. The lowest BCUT2D eigenvalue weighted by atomic mass is 10.1. The van der Waals surface area contributed by atoms with Gasteiger partial charge in [0.15, 0.2) is 0 Å². The third kappa shape index (κ3) is 9.14. The molecule has 0 amide bonds. The van der Waals surface area contributed by atoms with E-state index in [9.17, 15) is 14.2 Å². The molecule has 2 aromatic rings. The molecule has 1 atom stereocenters. The van der Waals surface area contributed by atoms with Gasteiger partial charge in [0.1, 0.15) is 17.3 Å². The van der Waals surface area contributed by atoms with Crippen molar-refractivity contribution in [2.75, 3.05) is 25.6 Å². The van der Waals surface area contributed by atoms with E-state index in [1.165, 1.54) is 0 Å². The Labute approximate surface area is 223 Å². The lowest BCUT2D eigenvalue weighted by molar-refractivity contribution is -0.138. The summed E-state index contributed by atoms with van der Waals surface area (Å²) in [6.07, 6.45) is 4.51. The monoisotopic (exact) mass is 565 g/mol. The molecule has 1 aliphatic rings. The van der Waals surface area contributed by atoms with Gasteiger partial charge in [-0.1, -0.05) is 30.9 Å². The standard InChI is InChI=1S/C25H28NO8PS2/c1-18(2)23(27)33-16-20-10-14-36-25(15-20,22-5-3-4-11-26-22)37-17-19-6-8-21(9-7-19)24(28)32-12-13-34-35(29,30)31/h3-11H,1,12-17H2,2H3,(H2,29,30,31). The molecule has 0 saturated carbocycles. The van der Waals surface area contributed by atoms with Gasteiger partial charge < -0.3 is 19.3 Å². The first kappa shape index (κ1) is 29.2. The number of carbonyl (C=O) groups excluding carboxylic acids is 2. The summed E-state index contributed by atoms with van der Waals surface area (Å²) < 4.78 is 24.9. The van der Waals surface area contributed by atoms with Crippen LogP contribution < -0.4 is 0 Å². The van der Waals surface area contributed by atoms with E-state index in [1.807, 2.05) is 30.3 Å². The molecule has 0 fully saturated rings. The second kappa shape index (κ2) is 13.4. The molecule has 1 aliphatic heterocycles. The molecule has 2 N–H and O–H groups in total. The molecule has 1 aromatic heterocycles. The highest BCUT2D eigenvalue weighted by Crippen LogP contribution is 2.53. The lowest BCUT2D eigenvalue weighted by Crippen LogP contribution is -2.25. The van der Waals surface area contributed by atoms with Gasteiger partial charge in [-0.3, -0.25) is 9.51 Å². The van der Waals surface area contributed by atoms with Crippen molar-refractivity contribution in [3.63, 3.8) is 0 Å². The summed E-state index contributed by atoms with van der Waals surface area (Å²) >= 11 is 3.50. The number of carbonyl (C=O) groups is 2. The molecule has 12 heteroatoms. The predicted molar refractivity (Wildman–Crippen MR) is 143 cm³/mol. The van der Waals surface area contributed by atoms with Crippen molar-refractivity contribution >= 4 is 43.3 Å². The fraction of sp³-hybridized carbons (Fsp3) is 0.320. The minimum Gasteiger partial charge on any atom is -0.460 e. The Hall–Kier alpha value is -2.40. The van der Waals surface area contributed by atoms with Crippen LogP contribution in [-0.2, 0) is 33.2 Å². The summed E-state index contributed by atoms with van der Waals surface area (Å²) in [6, 6.07) is 12.8. The van der Waals surface area contributed by atoms with Gasteiger partial charge in [0.05, 0.1) is 17.9 Å². The Bertz CT molecular complexity index is 1180. The maximum atomic E-state index is 12.2. The van der Waals surface area contributed by atoms with E-state index in [0.29, 0.717) is 23.3 Å². The molecule has 9 nitrogen and oxygen atoms in total. The van der Waals surface area contributed by atoms with Crippen molar-refractivity contribution in [2.24, 2.45) is 0 Å². The van der Waals surface area contributed by atoms with Crippen LogP contribution in [-0.4, -0.2) is 52.3 Å². The molecular weight excluding hydrogens is 537 g/mol. The minimum absolute atomic E-state index is 0.206. The van der Waals surface area contributed by atoms with Crippen molar-refractivity contribution in [1.29, 1.82) is 0 Å². The van der Waals surface area contributed by atoms with Crippen LogP contribution in [0.5, 0.6) is 0 Å². The van der Waals surface area contributed by atoms with Crippen molar-refractivity contribution in [1.82, 2.24) is 4.98 Å². The summed E-state index contributed by atoms with van der Waals surface area (Å²) in [5.74, 6) is 0.372. The van der Waals surface area contributed by atoms with E-state index in [2.05, 4.69) is 22.2 Å². The van der Waals surface area contributed by atoms with Crippen LogP contribution >= 0.6 is 31.3 Å². The SMILES string of the molecule is C=C(C)C(=O)OCC1=CCSC(SCc2ccc(C(=O)OCCOP(=O)(O)O)cc2)(c2ccccn2)C1. The molecule has 0 bridgehead atoms. The number of ether oxygens (including phenoxy) is 2. The van der Waals surface area contributed by atoms with Gasteiger partial charge in [0.25, 0.3) is 0 Å². The van der Waals surface area contributed by atoms with E-state index in [0.717, 1.165) is 22.6 Å². The highest BCUT2D eigenvalue weighted by Gasteiger charge is 2.38. The van der Waals surface area contributed by atoms with Gasteiger partial charge in [-0.15, -0.1) is 23.5 Å². The zero-order valence-corrected chi connectivity index (χ0v) is 22.7. The normalized spacial score (nSPS) is 17.5. The van der Waals surface area contributed by atoms with Crippen molar-refractivity contribution in [3.05, 3.63) is 89.3 Å². The summed E-state index contributed by atoms with van der Waals surface area (Å²) in [5, 5.41) is 0. The molecule has 1 aromatic carbocycles. The Balaban J connectivity index is 1.63. The number of phosphoric acid groups is 1. The summed E-state index contributed by atoms with van der Waals surface area (Å²) in [6.45, 7) is 4.77. The molecule has 37 heavy (non-hydrogen) atoms. The topological polar surface area (TPSA) is 132 Å². The quantitative estimate of drug-likeness (QED) is 0.123. The van der Waals surface area contributed by atoms with Gasteiger partial charge in [-0.05, 0) is 42.3 Å². The molecule has 198 valence electrons. The van der Waals surface area contributed by atoms with E-state index in [1.54, 1.807) is 48.8 Å². The molecule has 3 rings (SSSR count). The van der Waals surface area contributed by atoms with E-state index >= 15 is 0 Å². The molecule has 0 radical (unpaired) electrons. The molecule has 0 spiro atoms. The minimum atomic E-state index is -4.60. The first-order chi connectivity index (χ1) is 17.6. The second-order valence-electron chi connectivity index (χ2n) is 8.12. The van der Waals surface area contributed by atoms with Crippen molar-refractivity contribution in [3.8, 4) is 0 Å². The number of esters is 2. The fourth-order valence-electron chi connectivity index (χ4n) is 3.34. The first-order valence-electron chi connectivity index (χ1n) is 11.2. The van der Waals surface area contributed by atoms with Gasteiger partial charge >= 0.3 is 19.8 Å². The van der Waals surface area contributed by atoms with E-state index in [-0.39, 0.29) is 17.3 Å². The van der Waals surface area contributed by atoms with E-state index in [4.69, 9.17) is 19.3 Å².